The number of para-hydroxylation sites is 1. The molecule has 0 radical (unpaired) electrons. The van der Waals surface area contributed by atoms with Gasteiger partial charge in [-0.2, -0.15) is 21.6 Å². The zero-order valence-corrected chi connectivity index (χ0v) is 9.29. The summed E-state index contributed by atoms with van der Waals surface area (Å²) in [5, 5.41) is 4.67. The van der Waals surface area contributed by atoms with Crippen LogP contribution < -0.4 is 9.86 Å². The lowest BCUT2D eigenvalue weighted by Crippen LogP contribution is -2.22. The average molecular weight is 272 g/mol. The normalized spacial score (nSPS) is 12.5. The predicted molar refractivity (Wildman–Crippen MR) is 55.1 cm³/mol. The molecule has 0 aromatic heterocycles. The van der Waals surface area contributed by atoms with Crippen molar-refractivity contribution >= 4 is 27.7 Å². The first-order chi connectivity index (χ1) is 7.17. The molecule has 0 aliphatic carbocycles. The highest BCUT2D eigenvalue weighted by Gasteiger charge is 2.30. The lowest BCUT2D eigenvalue weighted by atomic mass is 10.3. The van der Waals surface area contributed by atoms with E-state index in [2.05, 4.69) is 5.14 Å². The summed E-state index contributed by atoms with van der Waals surface area (Å²) in [6.07, 6.45) is 0. The van der Waals surface area contributed by atoms with Crippen molar-refractivity contribution in [2.45, 2.75) is 10.4 Å². The summed E-state index contributed by atoms with van der Waals surface area (Å²) in [7, 11) is -4.09. The lowest BCUT2D eigenvalue weighted by molar-refractivity contribution is -0.0327. The molecule has 0 heterocycles. The SMILES string of the molecule is NS(=O)(=O)Nc1ccccc1SC(F)(F)F. The lowest BCUT2D eigenvalue weighted by Gasteiger charge is -2.11. The molecule has 0 atom stereocenters. The van der Waals surface area contributed by atoms with Crippen LogP contribution in [0.4, 0.5) is 18.9 Å². The Morgan fingerprint density at radius 2 is 1.81 bits per heavy atom. The smallest absolute Gasteiger partial charge is 0.270 e. The van der Waals surface area contributed by atoms with Crippen molar-refractivity contribution in [3.8, 4) is 0 Å². The Bertz CT molecular complexity index is 473. The maximum atomic E-state index is 12.1. The third-order valence-corrected chi connectivity index (χ3v) is 2.68. The minimum Gasteiger partial charge on any atom is -0.270 e. The van der Waals surface area contributed by atoms with Crippen LogP contribution in [0.2, 0.25) is 0 Å². The average Bonchev–Trinajstić information content (AvgIpc) is 2.03. The van der Waals surface area contributed by atoms with E-state index in [9.17, 15) is 21.6 Å². The number of halogens is 3. The molecular formula is C7H7F3N2O2S2. The minimum atomic E-state index is -4.49. The number of anilines is 1. The summed E-state index contributed by atoms with van der Waals surface area (Å²) >= 11 is -0.414. The second kappa shape index (κ2) is 4.52. The number of thioether (sulfide) groups is 1. The van der Waals surface area contributed by atoms with E-state index >= 15 is 0 Å². The molecular weight excluding hydrogens is 265 g/mol. The monoisotopic (exact) mass is 272 g/mol. The highest BCUT2D eigenvalue weighted by Crippen LogP contribution is 2.40. The summed E-state index contributed by atoms with van der Waals surface area (Å²) in [5.41, 5.74) is -4.69. The van der Waals surface area contributed by atoms with Gasteiger partial charge in [0.2, 0.25) is 0 Å². The third kappa shape index (κ3) is 4.73. The van der Waals surface area contributed by atoms with E-state index in [4.69, 9.17) is 0 Å². The number of nitrogens with two attached hydrogens (primary N) is 1. The van der Waals surface area contributed by atoms with Gasteiger partial charge in [-0.05, 0) is 23.9 Å². The highest BCUT2D eigenvalue weighted by molar-refractivity contribution is 8.00. The van der Waals surface area contributed by atoms with Gasteiger partial charge in [0.25, 0.3) is 10.2 Å². The summed E-state index contributed by atoms with van der Waals surface area (Å²) < 4.78 is 59.5. The van der Waals surface area contributed by atoms with Gasteiger partial charge in [0.05, 0.1) is 5.69 Å². The third-order valence-electron chi connectivity index (χ3n) is 1.36. The van der Waals surface area contributed by atoms with Crippen LogP contribution in [0.3, 0.4) is 0 Å². The highest BCUT2D eigenvalue weighted by atomic mass is 32.2. The van der Waals surface area contributed by atoms with Gasteiger partial charge in [0, 0.05) is 4.90 Å². The van der Waals surface area contributed by atoms with E-state index in [0.29, 0.717) is 0 Å². The number of nitrogens with one attached hydrogen (secondary N) is 1. The molecule has 1 rings (SSSR count). The molecule has 1 aromatic rings. The van der Waals surface area contributed by atoms with Crippen molar-refractivity contribution in [1.29, 1.82) is 0 Å². The van der Waals surface area contributed by atoms with Gasteiger partial charge < -0.3 is 0 Å². The number of hydrogen-bond acceptors (Lipinski definition) is 3. The Hall–Kier alpha value is -0.930. The fourth-order valence-corrected chi connectivity index (χ4v) is 2.09. The topological polar surface area (TPSA) is 72.2 Å². The van der Waals surface area contributed by atoms with Crippen LogP contribution in [0.1, 0.15) is 0 Å². The van der Waals surface area contributed by atoms with Crippen molar-refractivity contribution in [1.82, 2.24) is 0 Å². The first-order valence-corrected chi connectivity index (χ1v) is 6.19. The Morgan fingerprint density at radius 1 is 1.25 bits per heavy atom. The van der Waals surface area contributed by atoms with Gasteiger partial charge in [-0.25, -0.2) is 5.14 Å². The van der Waals surface area contributed by atoms with Crippen molar-refractivity contribution < 1.29 is 21.6 Å². The summed E-state index contributed by atoms with van der Waals surface area (Å²) in [4.78, 5) is -0.260. The van der Waals surface area contributed by atoms with Crippen molar-refractivity contribution in [2.75, 3.05) is 4.72 Å². The van der Waals surface area contributed by atoms with Gasteiger partial charge in [0.15, 0.2) is 0 Å². The number of hydrogen-bond donors (Lipinski definition) is 2. The van der Waals surface area contributed by atoms with E-state index in [0.717, 1.165) is 6.07 Å². The van der Waals surface area contributed by atoms with Gasteiger partial charge in [-0.1, -0.05) is 12.1 Å². The fraction of sp³-hybridized carbons (Fsp3) is 0.143. The number of rotatable bonds is 3. The van der Waals surface area contributed by atoms with Gasteiger partial charge in [-0.15, -0.1) is 0 Å². The standard InChI is InChI=1S/C7H7F3N2O2S2/c8-7(9,10)15-6-4-2-1-3-5(6)12-16(11,13)14/h1-4,12H,(H2,11,13,14). The van der Waals surface area contributed by atoms with E-state index in [-0.39, 0.29) is 10.6 Å². The molecule has 90 valence electrons. The number of benzene rings is 1. The maximum absolute atomic E-state index is 12.1. The fourth-order valence-electron chi connectivity index (χ4n) is 0.918. The Kier molecular flexibility index (Phi) is 3.71. The van der Waals surface area contributed by atoms with Crippen LogP contribution in [0.25, 0.3) is 0 Å². The van der Waals surface area contributed by atoms with Crippen LogP contribution in [-0.4, -0.2) is 13.9 Å². The van der Waals surface area contributed by atoms with Crippen LogP contribution in [0, 0.1) is 0 Å². The molecule has 4 nitrogen and oxygen atoms in total. The molecule has 0 aliphatic rings. The van der Waals surface area contributed by atoms with Gasteiger partial charge in [-0.3, -0.25) is 4.72 Å². The second-order valence-corrected chi connectivity index (χ2v) is 5.09. The maximum Gasteiger partial charge on any atom is 0.446 e. The molecule has 0 amide bonds. The molecule has 0 bridgehead atoms. The molecule has 9 heteroatoms. The van der Waals surface area contributed by atoms with E-state index < -0.39 is 27.5 Å². The van der Waals surface area contributed by atoms with Crippen LogP contribution in [0.5, 0.6) is 0 Å². The molecule has 0 saturated heterocycles. The molecule has 16 heavy (non-hydrogen) atoms. The van der Waals surface area contributed by atoms with Crippen molar-refractivity contribution in [3.63, 3.8) is 0 Å². The molecule has 0 aliphatic heterocycles. The molecule has 0 saturated carbocycles. The van der Waals surface area contributed by atoms with E-state index in [1.165, 1.54) is 18.2 Å². The van der Waals surface area contributed by atoms with Crippen molar-refractivity contribution in [2.24, 2.45) is 5.14 Å². The molecule has 0 fully saturated rings. The second-order valence-electron chi connectivity index (χ2n) is 2.69. The minimum absolute atomic E-state index is 0.202. The molecule has 0 unspecified atom stereocenters. The Labute approximate surface area is 94.2 Å². The van der Waals surface area contributed by atoms with E-state index in [1.807, 2.05) is 0 Å². The van der Waals surface area contributed by atoms with Crippen LogP contribution in [-0.2, 0) is 10.2 Å². The van der Waals surface area contributed by atoms with Crippen LogP contribution >= 0.6 is 11.8 Å². The molecule has 3 N–H and O–H groups in total. The summed E-state index contributed by atoms with van der Waals surface area (Å²) in [6.45, 7) is 0. The zero-order valence-electron chi connectivity index (χ0n) is 7.65. The van der Waals surface area contributed by atoms with Crippen LogP contribution in [0.15, 0.2) is 29.2 Å². The quantitative estimate of drug-likeness (QED) is 0.826. The van der Waals surface area contributed by atoms with Crippen molar-refractivity contribution in [3.05, 3.63) is 24.3 Å². The Morgan fingerprint density at radius 3 is 2.31 bits per heavy atom. The summed E-state index contributed by atoms with van der Waals surface area (Å²) in [6, 6.07) is 5.10. The van der Waals surface area contributed by atoms with Gasteiger partial charge >= 0.3 is 5.51 Å². The zero-order chi connectivity index (χ0) is 12.4. The first kappa shape index (κ1) is 13.1. The van der Waals surface area contributed by atoms with E-state index in [1.54, 1.807) is 4.72 Å². The Balaban J connectivity index is 3.01. The number of alkyl halides is 3. The summed E-state index contributed by atoms with van der Waals surface area (Å²) in [5.74, 6) is 0. The van der Waals surface area contributed by atoms with Gasteiger partial charge in [0.1, 0.15) is 0 Å². The molecule has 0 spiro atoms. The predicted octanol–water partition coefficient (Wildman–Crippen LogP) is 1.91. The first-order valence-electron chi connectivity index (χ1n) is 3.83. The largest absolute Gasteiger partial charge is 0.446 e. The molecule has 1 aromatic carbocycles.